The first-order valence-corrected chi connectivity index (χ1v) is 15.9. The normalized spacial score (nSPS) is 14.4. The van der Waals surface area contributed by atoms with E-state index in [2.05, 4.69) is 21.9 Å². The number of carboxylic acids is 1. The molecule has 5 heterocycles. The predicted molar refractivity (Wildman–Crippen MR) is 171 cm³/mol. The van der Waals surface area contributed by atoms with Gasteiger partial charge in [-0.05, 0) is 62.9 Å². The summed E-state index contributed by atoms with van der Waals surface area (Å²) in [6.45, 7) is 6.27. The summed E-state index contributed by atoms with van der Waals surface area (Å²) in [5, 5.41) is 11.6. The van der Waals surface area contributed by atoms with Crippen LogP contribution in [-0.2, 0) is 12.7 Å². The Bertz CT molecular complexity index is 2050. The summed E-state index contributed by atoms with van der Waals surface area (Å²) in [6, 6.07) is 7.80. The van der Waals surface area contributed by atoms with Crippen LogP contribution in [-0.4, -0.2) is 50.3 Å². The summed E-state index contributed by atoms with van der Waals surface area (Å²) in [4.78, 5) is 40.1. The van der Waals surface area contributed by atoms with Gasteiger partial charge in [0.1, 0.15) is 29.6 Å². The number of aryl methyl sites for hydroxylation is 2. The number of pyridine rings is 2. The van der Waals surface area contributed by atoms with Crippen molar-refractivity contribution in [3.63, 3.8) is 0 Å². The second-order valence-corrected chi connectivity index (χ2v) is 12.8. The molecule has 0 aliphatic carbocycles. The van der Waals surface area contributed by atoms with E-state index < -0.39 is 23.3 Å². The molecule has 240 valence electrons. The van der Waals surface area contributed by atoms with Crippen molar-refractivity contribution in [1.82, 2.24) is 19.5 Å². The van der Waals surface area contributed by atoms with Crippen LogP contribution in [0, 0.1) is 19.8 Å². The lowest BCUT2D eigenvalue weighted by atomic mass is 9.99. The summed E-state index contributed by atoms with van der Waals surface area (Å²) < 4.78 is 50.5. The summed E-state index contributed by atoms with van der Waals surface area (Å²) in [5.74, 6) is -0.269. The first-order chi connectivity index (χ1) is 21.8. The number of rotatable bonds is 7. The molecule has 1 saturated heterocycles. The minimum absolute atomic E-state index is 0.0120. The number of alkyl halides is 3. The maximum Gasteiger partial charge on any atom is 0.420 e. The zero-order chi connectivity index (χ0) is 32.9. The molecule has 1 fully saturated rings. The van der Waals surface area contributed by atoms with E-state index in [0.717, 1.165) is 18.9 Å². The van der Waals surface area contributed by atoms with Gasteiger partial charge in [-0.2, -0.15) is 13.2 Å². The van der Waals surface area contributed by atoms with Crippen molar-refractivity contribution >= 4 is 56.0 Å². The molecule has 4 aromatic heterocycles. The highest BCUT2D eigenvalue weighted by Gasteiger charge is 2.37. The molecule has 0 amide bonds. The van der Waals surface area contributed by atoms with Gasteiger partial charge in [-0.25, -0.2) is 14.8 Å². The molecule has 1 aliphatic rings. The lowest BCUT2D eigenvalue weighted by molar-refractivity contribution is -0.137. The van der Waals surface area contributed by atoms with E-state index >= 15 is 0 Å². The molecule has 0 radical (unpaired) electrons. The second-order valence-electron chi connectivity index (χ2n) is 11.4. The molecule has 0 saturated carbocycles. The monoisotopic (exact) mass is 671 g/mol. The van der Waals surface area contributed by atoms with Crippen molar-refractivity contribution in [2.24, 2.45) is 5.92 Å². The van der Waals surface area contributed by atoms with Crippen molar-refractivity contribution in [3.8, 4) is 16.9 Å². The van der Waals surface area contributed by atoms with E-state index in [1.807, 2.05) is 6.07 Å². The number of halogens is 4. The molecule has 0 unspecified atom stereocenters. The van der Waals surface area contributed by atoms with Crippen LogP contribution in [0.3, 0.4) is 0 Å². The third kappa shape index (κ3) is 6.01. The lowest BCUT2D eigenvalue weighted by Gasteiger charge is -2.32. The number of carbonyl (C=O) groups is 1. The van der Waals surface area contributed by atoms with Gasteiger partial charge in [-0.1, -0.05) is 18.5 Å². The van der Waals surface area contributed by atoms with Gasteiger partial charge >= 0.3 is 12.1 Å². The van der Waals surface area contributed by atoms with Gasteiger partial charge in [0.05, 0.1) is 27.8 Å². The van der Waals surface area contributed by atoms with Crippen LogP contribution in [0.5, 0.6) is 5.75 Å². The van der Waals surface area contributed by atoms with Gasteiger partial charge in [0.25, 0.3) is 5.56 Å². The number of fused-ring (bicyclic) bond motifs is 2. The van der Waals surface area contributed by atoms with Crippen LogP contribution < -0.4 is 15.2 Å². The highest BCUT2D eigenvalue weighted by atomic mass is 35.5. The Morgan fingerprint density at radius 1 is 1.09 bits per heavy atom. The van der Waals surface area contributed by atoms with Crippen molar-refractivity contribution in [1.29, 1.82) is 0 Å². The molecular formula is C32H29ClF3N5O4S. The van der Waals surface area contributed by atoms with Crippen LogP contribution >= 0.6 is 22.9 Å². The first-order valence-electron chi connectivity index (χ1n) is 14.6. The Hall–Kier alpha value is -4.23. The Kier molecular flexibility index (Phi) is 8.40. The summed E-state index contributed by atoms with van der Waals surface area (Å²) in [5.41, 5.74) is 0.665. The van der Waals surface area contributed by atoms with E-state index in [1.165, 1.54) is 15.9 Å². The smallest absolute Gasteiger partial charge is 0.420 e. The SMILES string of the molecule is Cc1cc(-c2cc(Cl)ccc2OCCn2c(C)nc3cc(C(F)(F)F)c(N4CCC(C)CC4)nc3c2=O)c2scc(C(=O)O)c2n1. The quantitative estimate of drug-likeness (QED) is 0.191. The number of aromatic carboxylic acids is 1. The fourth-order valence-corrected chi connectivity index (χ4v) is 6.94. The highest BCUT2D eigenvalue weighted by Crippen LogP contribution is 2.41. The summed E-state index contributed by atoms with van der Waals surface area (Å²) >= 11 is 7.61. The molecule has 0 spiro atoms. The Labute approximate surface area is 270 Å². The molecule has 6 rings (SSSR count). The second kappa shape index (κ2) is 12.2. The average molecular weight is 672 g/mol. The van der Waals surface area contributed by atoms with Crippen LogP contribution in [0.2, 0.25) is 5.02 Å². The van der Waals surface area contributed by atoms with Crippen LogP contribution in [0.4, 0.5) is 19.0 Å². The fourth-order valence-electron chi connectivity index (χ4n) is 5.75. The maximum absolute atomic E-state index is 14.1. The molecule has 1 aliphatic heterocycles. The Morgan fingerprint density at radius 3 is 2.52 bits per heavy atom. The van der Waals surface area contributed by atoms with E-state index in [4.69, 9.17) is 16.3 Å². The molecule has 0 bridgehead atoms. The van der Waals surface area contributed by atoms with Crippen LogP contribution in [0.15, 0.2) is 40.5 Å². The number of ether oxygens (including phenoxy) is 1. The molecule has 14 heteroatoms. The van der Waals surface area contributed by atoms with Gasteiger partial charge in [-0.3, -0.25) is 14.3 Å². The minimum atomic E-state index is -4.66. The maximum atomic E-state index is 14.1. The topological polar surface area (TPSA) is 110 Å². The number of nitrogens with zero attached hydrogens (tertiary/aromatic N) is 5. The first kappa shape index (κ1) is 31.7. The van der Waals surface area contributed by atoms with Gasteiger partial charge in [0.15, 0.2) is 5.52 Å². The third-order valence-electron chi connectivity index (χ3n) is 8.18. The third-order valence-corrected chi connectivity index (χ3v) is 9.41. The van der Waals surface area contributed by atoms with Gasteiger partial charge in [0.2, 0.25) is 0 Å². The molecule has 0 atom stereocenters. The lowest BCUT2D eigenvalue weighted by Crippen LogP contribution is -2.35. The average Bonchev–Trinajstić information content (AvgIpc) is 3.42. The van der Waals surface area contributed by atoms with Gasteiger partial charge in [0, 0.05) is 40.3 Å². The molecule has 9 nitrogen and oxygen atoms in total. The van der Waals surface area contributed by atoms with Gasteiger partial charge in [-0.15, -0.1) is 11.3 Å². The molecular weight excluding hydrogens is 643 g/mol. The Morgan fingerprint density at radius 2 is 1.83 bits per heavy atom. The minimum Gasteiger partial charge on any atom is -0.491 e. The van der Waals surface area contributed by atoms with Crippen LogP contribution in [0.1, 0.15) is 47.2 Å². The standard InChI is InChI=1S/C32H29ClF3N5O4S/c1-16-6-8-40(9-7-16)29-23(32(34,35)36)14-24-27(39-29)30(42)41(18(3)38-24)10-11-45-25-5-4-19(33)13-20(25)21-12-17(2)37-26-22(31(43)44)15-46-28(21)26/h4-5,12-16H,6-11H2,1-3H3,(H,43,44). The van der Waals surface area contributed by atoms with E-state index in [0.29, 0.717) is 56.8 Å². The number of benzene rings is 1. The van der Waals surface area contributed by atoms with Crippen molar-refractivity contribution in [2.45, 2.75) is 46.3 Å². The van der Waals surface area contributed by atoms with Crippen LogP contribution in [0.25, 0.3) is 32.4 Å². The predicted octanol–water partition coefficient (Wildman–Crippen LogP) is 7.37. The largest absolute Gasteiger partial charge is 0.491 e. The van der Waals surface area contributed by atoms with Crippen molar-refractivity contribution < 1.29 is 27.8 Å². The van der Waals surface area contributed by atoms with Gasteiger partial charge < -0.3 is 14.7 Å². The number of thiophene rings is 1. The van der Waals surface area contributed by atoms with E-state index in [9.17, 15) is 27.9 Å². The summed E-state index contributed by atoms with van der Waals surface area (Å²) in [7, 11) is 0. The number of aromatic nitrogens is 4. The molecule has 5 aromatic rings. The highest BCUT2D eigenvalue weighted by molar-refractivity contribution is 7.18. The van der Waals surface area contributed by atoms with E-state index in [1.54, 1.807) is 42.3 Å². The summed E-state index contributed by atoms with van der Waals surface area (Å²) in [6.07, 6.45) is -3.20. The number of carboxylic acid groups (broad SMARTS) is 1. The number of anilines is 1. The Balaban J connectivity index is 1.33. The van der Waals surface area contributed by atoms with Crippen molar-refractivity contribution in [3.05, 3.63) is 73.7 Å². The molecule has 1 aromatic carbocycles. The molecule has 46 heavy (non-hydrogen) atoms. The fraction of sp³-hybridized carbons (Fsp3) is 0.344. The molecule has 1 N–H and O–H groups in total. The zero-order valence-corrected chi connectivity index (χ0v) is 26.7. The van der Waals surface area contributed by atoms with Crippen molar-refractivity contribution in [2.75, 3.05) is 24.6 Å². The zero-order valence-electron chi connectivity index (χ0n) is 25.1. The number of piperidine rings is 1. The number of hydrogen-bond donors (Lipinski definition) is 1. The number of hydrogen-bond acceptors (Lipinski definition) is 8. The van der Waals surface area contributed by atoms with E-state index in [-0.39, 0.29) is 41.4 Å².